The molecule has 1 saturated heterocycles. The van der Waals surface area contributed by atoms with Crippen LogP contribution in [-0.4, -0.2) is 48.4 Å². The number of nitrogens with zero attached hydrogens (tertiary/aromatic N) is 1. The van der Waals surface area contributed by atoms with Gasteiger partial charge in [0.2, 0.25) is 0 Å². The molecular weight excluding hydrogens is 438 g/mol. The van der Waals surface area contributed by atoms with Gasteiger partial charge in [-0.3, -0.25) is 0 Å². The molecule has 5 heteroatoms. The number of piperidine rings is 1. The summed E-state index contributed by atoms with van der Waals surface area (Å²) in [6.07, 6.45) is 8.19. The average Bonchev–Trinajstić information content (AvgIpc) is 3.22. The lowest BCUT2D eigenvalue weighted by molar-refractivity contribution is -0.939. The maximum atomic E-state index is 13.9. The summed E-state index contributed by atoms with van der Waals surface area (Å²) in [5.74, 6) is 0.681. The van der Waals surface area contributed by atoms with E-state index in [1.54, 1.807) is 7.11 Å². The molecule has 0 radical (unpaired) electrons. The maximum Gasteiger partial charge on any atom is 0.343 e. The molecule has 5 atom stereocenters. The van der Waals surface area contributed by atoms with Crippen molar-refractivity contribution in [3.05, 3.63) is 65.7 Å². The largest absolute Gasteiger partial charge is 0.497 e. The number of quaternary nitrogens is 1. The Morgan fingerprint density at radius 3 is 2.31 bits per heavy atom. The molecule has 2 saturated carbocycles. The topological polar surface area (TPSA) is 55.8 Å². The molecule has 35 heavy (non-hydrogen) atoms. The number of benzene rings is 2. The molecule has 2 aromatic rings. The Hall–Kier alpha value is -2.37. The Kier molecular flexibility index (Phi) is 6.91. The predicted octanol–water partition coefficient (Wildman–Crippen LogP) is 5.20. The first kappa shape index (κ1) is 24.3. The molecule has 0 spiro atoms. The summed E-state index contributed by atoms with van der Waals surface area (Å²) in [7, 11) is 3.98. The van der Waals surface area contributed by atoms with Crippen LogP contribution in [0.4, 0.5) is 0 Å². The van der Waals surface area contributed by atoms with E-state index in [9.17, 15) is 9.90 Å². The van der Waals surface area contributed by atoms with Gasteiger partial charge >= 0.3 is 5.97 Å². The monoisotopic (exact) mass is 478 g/mol. The summed E-state index contributed by atoms with van der Waals surface area (Å²) in [6.45, 7) is 1.91. The minimum absolute atomic E-state index is 0.0980. The van der Waals surface area contributed by atoms with Crippen LogP contribution >= 0.6 is 0 Å². The summed E-state index contributed by atoms with van der Waals surface area (Å²) >= 11 is 0. The van der Waals surface area contributed by atoms with Crippen molar-refractivity contribution in [2.75, 3.05) is 20.7 Å². The summed E-state index contributed by atoms with van der Waals surface area (Å²) in [5.41, 5.74) is 0.371. The van der Waals surface area contributed by atoms with Crippen molar-refractivity contribution in [3.63, 3.8) is 0 Å². The number of carbonyl (C=O) groups is 1. The van der Waals surface area contributed by atoms with Crippen molar-refractivity contribution in [1.82, 2.24) is 0 Å². The highest BCUT2D eigenvalue weighted by atomic mass is 16.6. The Morgan fingerprint density at radius 2 is 1.66 bits per heavy atom. The first-order valence-electron chi connectivity index (χ1n) is 13.4. The van der Waals surface area contributed by atoms with Gasteiger partial charge in [0.05, 0.1) is 26.6 Å². The van der Waals surface area contributed by atoms with Gasteiger partial charge in [-0.25, -0.2) is 4.79 Å². The van der Waals surface area contributed by atoms with Crippen LogP contribution in [-0.2, 0) is 21.7 Å². The molecule has 5 nitrogen and oxygen atoms in total. The Balaban J connectivity index is 1.36. The van der Waals surface area contributed by atoms with E-state index in [2.05, 4.69) is 19.2 Å². The maximum absolute atomic E-state index is 13.9. The molecule has 1 N–H and O–H groups in total. The zero-order valence-electron chi connectivity index (χ0n) is 21.2. The molecule has 1 aliphatic heterocycles. The molecule has 5 rings (SSSR count). The smallest absolute Gasteiger partial charge is 0.343 e. The zero-order valence-corrected chi connectivity index (χ0v) is 21.2. The number of rotatable bonds is 7. The number of fused-ring (bicyclic) bond motifs is 2. The number of likely N-dealkylation sites (N-methyl/N-ethyl adjacent to an activating group) is 1. The van der Waals surface area contributed by atoms with E-state index in [0.29, 0.717) is 11.5 Å². The molecule has 4 unspecified atom stereocenters. The summed E-state index contributed by atoms with van der Waals surface area (Å²) < 4.78 is 12.5. The van der Waals surface area contributed by atoms with Crippen molar-refractivity contribution < 1.29 is 23.9 Å². The van der Waals surface area contributed by atoms with Crippen LogP contribution in [0.2, 0.25) is 0 Å². The number of methoxy groups -OCH3 is 1. The molecule has 1 heterocycles. The zero-order chi connectivity index (χ0) is 24.5. The van der Waals surface area contributed by atoms with Gasteiger partial charge in [0.1, 0.15) is 18.3 Å². The number of hydrogen-bond donors (Lipinski definition) is 1. The highest BCUT2D eigenvalue weighted by Crippen LogP contribution is 2.47. The van der Waals surface area contributed by atoms with Crippen LogP contribution in [0, 0.1) is 11.8 Å². The lowest BCUT2D eigenvalue weighted by Gasteiger charge is -2.39. The molecule has 3 aliphatic rings. The van der Waals surface area contributed by atoms with Gasteiger partial charge in [-0.1, -0.05) is 56.0 Å². The number of hydrogen-bond acceptors (Lipinski definition) is 4. The van der Waals surface area contributed by atoms with E-state index in [1.165, 1.54) is 18.4 Å². The van der Waals surface area contributed by atoms with Crippen LogP contribution in [0.3, 0.4) is 0 Å². The van der Waals surface area contributed by atoms with Gasteiger partial charge in [0, 0.05) is 17.9 Å². The van der Waals surface area contributed by atoms with Crippen molar-refractivity contribution in [3.8, 4) is 5.75 Å². The Labute approximate surface area is 209 Å². The molecule has 0 amide bonds. The standard InChI is InChI=1S/C30H40NO4/c1-31(20-22-14-17-26(34-2)18-15-22)21-23-16-19-27(31)28(23)35-29(32)30(33,25-12-8-5-9-13-25)24-10-6-3-4-7-11-24/h5,8-9,12-15,17-18,23-24,27-28,33H,3-4,6-7,10-11,16,19-21H2,1-2H3/q+1/t23?,27-,28?,30?,31?/m1/s1. The van der Waals surface area contributed by atoms with Gasteiger partial charge in [-0.2, -0.15) is 0 Å². The molecule has 2 aromatic carbocycles. The van der Waals surface area contributed by atoms with E-state index in [-0.39, 0.29) is 18.1 Å². The van der Waals surface area contributed by atoms with Crippen LogP contribution in [0.1, 0.15) is 62.5 Å². The third-order valence-electron chi connectivity index (χ3n) is 9.05. The molecule has 0 aromatic heterocycles. The van der Waals surface area contributed by atoms with E-state index in [1.807, 2.05) is 42.5 Å². The molecule has 2 bridgehead atoms. The van der Waals surface area contributed by atoms with E-state index in [4.69, 9.17) is 9.47 Å². The molecule has 188 valence electrons. The van der Waals surface area contributed by atoms with E-state index < -0.39 is 11.6 Å². The third-order valence-corrected chi connectivity index (χ3v) is 9.05. The number of esters is 1. The van der Waals surface area contributed by atoms with Crippen LogP contribution in [0.15, 0.2) is 54.6 Å². The Morgan fingerprint density at radius 1 is 0.971 bits per heavy atom. The van der Waals surface area contributed by atoms with Gasteiger partial charge in [-0.05, 0) is 49.1 Å². The van der Waals surface area contributed by atoms with Crippen molar-refractivity contribution in [2.24, 2.45) is 11.8 Å². The van der Waals surface area contributed by atoms with Crippen LogP contribution in [0.25, 0.3) is 0 Å². The fourth-order valence-corrected chi connectivity index (χ4v) is 7.19. The van der Waals surface area contributed by atoms with Crippen molar-refractivity contribution in [1.29, 1.82) is 0 Å². The van der Waals surface area contributed by atoms with Crippen LogP contribution in [0.5, 0.6) is 5.75 Å². The van der Waals surface area contributed by atoms with Crippen LogP contribution < -0.4 is 4.74 Å². The molecular formula is C30H40NO4+. The van der Waals surface area contributed by atoms with E-state index in [0.717, 1.165) is 61.8 Å². The Bertz CT molecular complexity index is 1000. The normalized spacial score (nSPS) is 30.4. The van der Waals surface area contributed by atoms with Gasteiger partial charge in [-0.15, -0.1) is 0 Å². The van der Waals surface area contributed by atoms with E-state index >= 15 is 0 Å². The summed E-state index contributed by atoms with van der Waals surface area (Å²) in [5, 5.41) is 12.1. The average molecular weight is 479 g/mol. The number of aliphatic hydroxyl groups is 1. The van der Waals surface area contributed by atoms with Gasteiger partial charge in [0.15, 0.2) is 11.7 Å². The third kappa shape index (κ3) is 4.61. The van der Waals surface area contributed by atoms with Gasteiger partial charge < -0.3 is 19.1 Å². The van der Waals surface area contributed by atoms with Crippen molar-refractivity contribution in [2.45, 2.75) is 75.7 Å². The van der Waals surface area contributed by atoms with Crippen molar-refractivity contribution >= 4 is 5.97 Å². The lowest BCUT2D eigenvalue weighted by Crippen LogP contribution is -2.52. The highest BCUT2D eigenvalue weighted by Gasteiger charge is 2.59. The number of likely N-dealkylation sites (tertiary alicyclic amines) is 1. The minimum atomic E-state index is -1.58. The molecule has 3 fully saturated rings. The second-order valence-corrected chi connectivity index (χ2v) is 11.3. The first-order valence-corrected chi connectivity index (χ1v) is 13.4. The highest BCUT2D eigenvalue weighted by molar-refractivity contribution is 5.82. The lowest BCUT2D eigenvalue weighted by atomic mass is 9.77. The summed E-state index contributed by atoms with van der Waals surface area (Å²) in [4.78, 5) is 13.9. The summed E-state index contributed by atoms with van der Waals surface area (Å²) in [6, 6.07) is 18.1. The second kappa shape index (κ2) is 9.94. The second-order valence-electron chi connectivity index (χ2n) is 11.3. The fourth-order valence-electron chi connectivity index (χ4n) is 7.19. The number of carbonyl (C=O) groups excluding carboxylic acids is 1. The predicted molar refractivity (Wildman–Crippen MR) is 136 cm³/mol. The number of ether oxygens (including phenoxy) is 2. The molecule has 2 aliphatic carbocycles. The first-order chi connectivity index (χ1) is 16.9. The minimum Gasteiger partial charge on any atom is -0.497 e. The van der Waals surface area contributed by atoms with Gasteiger partial charge in [0.25, 0.3) is 0 Å². The fraction of sp³-hybridized carbons (Fsp3) is 0.567. The SMILES string of the molecule is COc1ccc(C[N+]2(C)CC3CC[C@@H]2C3OC(=O)C(O)(c2ccccc2)C2CCCCCC2)cc1. The quantitative estimate of drug-likeness (QED) is 0.337.